The normalized spacial score (nSPS) is 19.8. The Bertz CT molecular complexity index is 702. The van der Waals surface area contributed by atoms with Crippen LogP contribution in [0.5, 0.6) is 0 Å². The number of carboxylic acids is 2. The standard InChI is InChI=1S/C18H23NO6.C3H6/c1-19(14(18(24)25)9-10-16(21)22)13-7-3-2-5-11(13)12-6-4-8-15(20)17(12)23;1-3-2/h2-3,5,7,12,14-15,20H,4,6,8-10H2,1H3,(H,21,22)(H,24,25);3H,1H2,2H3/t12?,14-,15+;/m0./s1. The molecule has 0 radical (unpaired) electrons. The Morgan fingerprint density at radius 3 is 2.46 bits per heavy atom. The van der Waals surface area contributed by atoms with E-state index in [4.69, 9.17) is 5.11 Å². The highest BCUT2D eigenvalue weighted by Gasteiger charge is 2.34. The second-order valence-electron chi connectivity index (χ2n) is 6.77. The van der Waals surface area contributed by atoms with Crippen molar-refractivity contribution in [3.05, 3.63) is 42.5 Å². The molecule has 1 saturated carbocycles. The topological polar surface area (TPSA) is 115 Å². The van der Waals surface area contributed by atoms with Crippen LogP contribution in [0.25, 0.3) is 0 Å². The highest BCUT2D eigenvalue weighted by atomic mass is 16.4. The summed E-state index contributed by atoms with van der Waals surface area (Å²) in [5.41, 5.74) is 1.25. The third kappa shape index (κ3) is 6.20. The van der Waals surface area contributed by atoms with E-state index < -0.39 is 30.0 Å². The average Bonchev–Trinajstić information content (AvgIpc) is 2.64. The number of Topliss-reactive ketones (excluding diaryl/α,β-unsaturated/α-hetero) is 1. The van der Waals surface area contributed by atoms with Crippen LogP contribution in [0.3, 0.4) is 0 Å². The van der Waals surface area contributed by atoms with Crippen molar-refractivity contribution >= 4 is 23.4 Å². The summed E-state index contributed by atoms with van der Waals surface area (Å²) in [7, 11) is 1.59. The van der Waals surface area contributed by atoms with Gasteiger partial charge in [-0.05, 0) is 44.2 Å². The summed E-state index contributed by atoms with van der Waals surface area (Å²) in [5, 5.41) is 28.2. The number of aliphatic carboxylic acids is 2. The molecule has 3 N–H and O–H groups in total. The summed E-state index contributed by atoms with van der Waals surface area (Å²) in [6, 6.07) is 5.99. The largest absolute Gasteiger partial charge is 0.481 e. The number of carbonyl (C=O) groups excluding carboxylic acids is 1. The first-order chi connectivity index (χ1) is 13.2. The molecule has 7 nitrogen and oxygen atoms in total. The predicted molar refractivity (Wildman–Crippen MR) is 107 cm³/mol. The van der Waals surface area contributed by atoms with Gasteiger partial charge in [0.1, 0.15) is 12.1 Å². The number of nitrogens with zero attached hydrogens (tertiary/aromatic N) is 1. The number of benzene rings is 1. The zero-order valence-electron chi connectivity index (χ0n) is 16.4. The van der Waals surface area contributed by atoms with Crippen LogP contribution in [0.4, 0.5) is 5.69 Å². The van der Waals surface area contributed by atoms with Gasteiger partial charge in [0.25, 0.3) is 0 Å². The lowest BCUT2D eigenvalue weighted by Crippen LogP contribution is -2.40. The molecular weight excluding hydrogens is 362 g/mol. The number of carboxylic acid groups (broad SMARTS) is 2. The Morgan fingerprint density at radius 2 is 1.89 bits per heavy atom. The molecule has 2 rings (SSSR count). The number of ketones is 1. The number of aliphatic hydroxyl groups is 1. The minimum Gasteiger partial charge on any atom is -0.481 e. The Balaban J connectivity index is 0.00000122. The number of hydrogen-bond donors (Lipinski definition) is 3. The van der Waals surface area contributed by atoms with Crippen molar-refractivity contribution in [2.24, 2.45) is 0 Å². The predicted octanol–water partition coefficient (Wildman–Crippen LogP) is 2.83. The molecule has 0 amide bonds. The molecule has 0 aliphatic heterocycles. The second-order valence-corrected chi connectivity index (χ2v) is 6.77. The summed E-state index contributed by atoms with van der Waals surface area (Å²) in [6.07, 6.45) is 2.23. The lowest BCUT2D eigenvalue weighted by molar-refractivity contribution is -0.140. The van der Waals surface area contributed by atoms with Crippen LogP contribution in [0.2, 0.25) is 0 Å². The molecule has 1 aliphatic rings. The lowest BCUT2D eigenvalue weighted by Gasteiger charge is -2.32. The lowest BCUT2D eigenvalue weighted by atomic mass is 9.80. The van der Waals surface area contributed by atoms with Crippen LogP contribution < -0.4 is 4.90 Å². The molecule has 0 bridgehead atoms. The molecule has 0 saturated heterocycles. The fourth-order valence-electron chi connectivity index (χ4n) is 3.36. The van der Waals surface area contributed by atoms with Gasteiger partial charge in [-0.15, -0.1) is 6.58 Å². The van der Waals surface area contributed by atoms with Gasteiger partial charge in [0.15, 0.2) is 5.78 Å². The molecule has 1 aromatic rings. The number of carbonyl (C=O) groups is 3. The Hall–Kier alpha value is -2.67. The molecule has 3 atom stereocenters. The molecule has 1 unspecified atom stereocenters. The number of likely N-dealkylation sites (N-methyl/N-ethyl adjacent to an activating group) is 1. The number of rotatable bonds is 7. The SMILES string of the molecule is C=CC.CN(c1ccccc1C1CCC[C@@H](O)C1=O)[C@@H](CCC(=O)O)C(=O)O. The van der Waals surface area contributed by atoms with Crippen molar-refractivity contribution in [1.29, 1.82) is 0 Å². The summed E-state index contributed by atoms with van der Waals surface area (Å²) >= 11 is 0. The van der Waals surface area contributed by atoms with Crippen LogP contribution in [0.1, 0.15) is 50.5 Å². The van der Waals surface area contributed by atoms with E-state index in [1.807, 2.05) is 6.92 Å². The van der Waals surface area contributed by atoms with Crippen molar-refractivity contribution in [1.82, 2.24) is 0 Å². The first-order valence-corrected chi connectivity index (χ1v) is 9.29. The van der Waals surface area contributed by atoms with Gasteiger partial charge in [0.2, 0.25) is 0 Å². The van der Waals surface area contributed by atoms with E-state index in [1.165, 1.54) is 4.90 Å². The third-order valence-corrected chi connectivity index (χ3v) is 4.72. The highest BCUT2D eigenvalue weighted by molar-refractivity contribution is 5.92. The van der Waals surface area contributed by atoms with E-state index in [-0.39, 0.29) is 18.6 Å². The van der Waals surface area contributed by atoms with E-state index in [0.29, 0.717) is 24.1 Å². The van der Waals surface area contributed by atoms with Gasteiger partial charge < -0.3 is 20.2 Å². The molecule has 0 spiro atoms. The fraction of sp³-hybridized carbons (Fsp3) is 0.476. The molecule has 1 aliphatic carbocycles. The first-order valence-electron chi connectivity index (χ1n) is 9.29. The second kappa shape index (κ2) is 11.2. The maximum atomic E-state index is 12.4. The van der Waals surface area contributed by atoms with Crippen LogP contribution >= 0.6 is 0 Å². The van der Waals surface area contributed by atoms with Crippen LogP contribution in [0.15, 0.2) is 36.9 Å². The van der Waals surface area contributed by atoms with Gasteiger partial charge in [0, 0.05) is 25.1 Å². The zero-order valence-corrected chi connectivity index (χ0v) is 16.4. The fourth-order valence-corrected chi connectivity index (χ4v) is 3.36. The Labute approximate surface area is 165 Å². The van der Waals surface area contributed by atoms with Crippen molar-refractivity contribution in [3.63, 3.8) is 0 Å². The first kappa shape index (κ1) is 23.4. The molecule has 154 valence electrons. The van der Waals surface area contributed by atoms with Gasteiger partial charge in [-0.3, -0.25) is 9.59 Å². The number of aliphatic hydroxyl groups excluding tert-OH is 1. The maximum Gasteiger partial charge on any atom is 0.326 e. The quantitative estimate of drug-likeness (QED) is 0.612. The number of para-hydroxylation sites is 1. The Morgan fingerprint density at radius 1 is 1.29 bits per heavy atom. The summed E-state index contributed by atoms with van der Waals surface area (Å²) in [4.78, 5) is 36.2. The average molecular weight is 391 g/mol. The molecule has 1 fully saturated rings. The summed E-state index contributed by atoms with van der Waals surface area (Å²) in [6.45, 7) is 5.25. The minimum absolute atomic E-state index is 0.0449. The molecule has 7 heteroatoms. The highest BCUT2D eigenvalue weighted by Crippen LogP contribution is 2.36. The minimum atomic E-state index is -1.12. The molecule has 0 aromatic heterocycles. The molecule has 0 heterocycles. The van der Waals surface area contributed by atoms with E-state index in [1.54, 1.807) is 37.4 Å². The monoisotopic (exact) mass is 391 g/mol. The van der Waals surface area contributed by atoms with Gasteiger partial charge in [-0.1, -0.05) is 24.3 Å². The summed E-state index contributed by atoms with van der Waals surface area (Å²) < 4.78 is 0. The molecule has 1 aromatic carbocycles. The van der Waals surface area contributed by atoms with Crippen molar-refractivity contribution in [2.75, 3.05) is 11.9 Å². The van der Waals surface area contributed by atoms with E-state index in [9.17, 15) is 24.6 Å². The maximum absolute atomic E-state index is 12.4. The van der Waals surface area contributed by atoms with Gasteiger partial charge in [-0.2, -0.15) is 0 Å². The van der Waals surface area contributed by atoms with Gasteiger partial charge in [-0.25, -0.2) is 4.79 Å². The zero-order chi connectivity index (χ0) is 21.3. The third-order valence-electron chi connectivity index (χ3n) is 4.72. The summed E-state index contributed by atoms with van der Waals surface area (Å²) in [5.74, 6) is -2.90. The molecule has 28 heavy (non-hydrogen) atoms. The van der Waals surface area contributed by atoms with Crippen LogP contribution in [-0.4, -0.2) is 52.2 Å². The van der Waals surface area contributed by atoms with Gasteiger partial charge in [0.05, 0.1) is 0 Å². The number of anilines is 1. The van der Waals surface area contributed by atoms with Crippen LogP contribution in [0, 0.1) is 0 Å². The Kier molecular flexibility index (Phi) is 9.38. The van der Waals surface area contributed by atoms with E-state index in [2.05, 4.69) is 6.58 Å². The van der Waals surface area contributed by atoms with E-state index in [0.717, 1.165) is 6.42 Å². The number of hydrogen-bond acceptors (Lipinski definition) is 5. The van der Waals surface area contributed by atoms with Crippen molar-refractivity contribution < 1.29 is 29.7 Å². The number of allylic oxidation sites excluding steroid dienone is 1. The van der Waals surface area contributed by atoms with Crippen molar-refractivity contribution in [3.8, 4) is 0 Å². The van der Waals surface area contributed by atoms with Crippen molar-refractivity contribution in [2.45, 2.75) is 57.1 Å². The molecular formula is C21H29NO6. The smallest absolute Gasteiger partial charge is 0.326 e. The van der Waals surface area contributed by atoms with E-state index >= 15 is 0 Å². The van der Waals surface area contributed by atoms with Gasteiger partial charge >= 0.3 is 11.9 Å². The van der Waals surface area contributed by atoms with Crippen LogP contribution in [-0.2, 0) is 14.4 Å².